The van der Waals surface area contributed by atoms with Gasteiger partial charge in [-0.2, -0.15) is 0 Å². The second kappa shape index (κ2) is 4.78. The third kappa shape index (κ3) is 2.60. The first kappa shape index (κ1) is 12.0. The fourth-order valence-electron chi connectivity index (χ4n) is 2.24. The Bertz CT molecular complexity index is 424. The number of nitrogens with zero attached hydrogens (tertiary/aromatic N) is 1. The van der Waals surface area contributed by atoms with Crippen LogP contribution >= 0.6 is 0 Å². The summed E-state index contributed by atoms with van der Waals surface area (Å²) in [4.78, 5) is 13.5. The van der Waals surface area contributed by atoms with E-state index in [1.807, 2.05) is 19.1 Å². The molecule has 1 aromatic rings. The van der Waals surface area contributed by atoms with E-state index in [4.69, 9.17) is 0 Å². The maximum absolute atomic E-state index is 11.3. The topological polar surface area (TPSA) is 40.5 Å². The Balaban J connectivity index is 2.35. The zero-order valence-electron chi connectivity index (χ0n) is 10.4. The van der Waals surface area contributed by atoms with Gasteiger partial charge in [0.15, 0.2) is 0 Å². The van der Waals surface area contributed by atoms with E-state index in [-0.39, 0.29) is 0 Å². The summed E-state index contributed by atoms with van der Waals surface area (Å²) in [6, 6.07) is 5.49. The Kier molecular flexibility index (Phi) is 3.36. The number of carbonyl (C=O) groups is 1. The van der Waals surface area contributed by atoms with E-state index in [9.17, 15) is 9.90 Å². The van der Waals surface area contributed by atoms with Gasteiger partial charge < -0.3 is 10.0 Å². The van der Waals surface area contributed by atoms with Crippen LogP contribution in [-0.2, 0) is 0 Å². The lowest BCUT2D eigenvalue weighted by Crippen LogP contribution is -2.27. The minimum absolute atomic E-state index is 0.424. The molecular formula is C14H19NO2. The normalized spacial score (nSPS) is 14.7. The molecule has 1 aromatic carbocycles. The monoisotopic (exact) mass is 233 g/mol. The second-order valence-electron chi connectivity index (χ2n) is 4.76. The summed E-state index contributed by atoms with van der Waals surface area (Å²) in [7, 11) is 0. The van der Waals surface area contributed by atoms with Gasteiger partial charge in [0, 0.05) is 13.1 Å². The van der Waals surface area contributed by atoms with E-state index in [1.54, 1.807) is 6.07 Å². The molecule has 0 aliphatic heterocycles. The van der Waals surface area contributed by atoms with Crippen molar-refractivity contribution < 1.29 is 9.90 Å². The van der Waals surface area contributed by atoms with Crippen molar-refractivity contribution >= 4 is 11.7 Å². The minimum atomic E-state index is -0.835. The fourth-order valence-corrected chi connectivity index (χ4v) is 2.24. The Hall–Kier alpha value is -1.51. The highest BCUT2D eigenvalue weighted by Crippen LogP contribution is 2.33. The summed E-state index contributed by atoms with van der Waals surface area (Å²) in [5.41, 5.74) is 2.37. The van der Waals surface area contributed by atoms with E-state index < -0.39 is 5.97 Å². The number of carboxylic acid groups (broad SMARTS) is 1. The van der Waals surface area contributed by atoms with E-state index in [2.05, 4.69) is 11.8 Å². The summed E-state index contributed by atoms with van der Waals surface area (Å²) in [6.45, 7) is 5.92. The first-order valence-electron chi connectivity index (χ1n) is 6.21. The lowest BCUT2D eigenvalue weighted by Gasteiger charge is -2.26. The molecule has 0 amide bonds. The summed E-state index contributed by atoms with van der Waals surface area (Å²) in [5.74, 6) is -0.0749. The summed E-state index contributed by atoms with van der Waals surface area (Å²) >= 11 is 0. The van der Waals surface area contributed by atoms with E-state index in [0.717, 1.165) is 30.3 Å². The fraction of sp³-hybridized carbons (Fsp3) is 0.500. The van der Waals surface area contributed by atoms with Gasteiger partial charge in [-0.15, -0.1) is 0 Å². The molecule has 1 aliphatic rings. The molecule has 1 N–H and O–H groups in total. The van der Waals surface area contributed by atoms with Crippen LogP contribution in [0.2, 0.25) is 0 Å². The van der Waals surface area contributed by atoms with Gasteiger partial charge in [0.2, 0.25) is 0 Å². The molecule has 1 aliphatic carbocycles. The molecule has 17 heavy (non-hydrogen) atoms. The molecule has 0 atom stereocenters. The highest BCUT2D eigenvalue weighted by Gasteiger charge is 2.26. The smallest absolute Gasteiger partial charge is 0.337 e. The predicted molar refractivity (Wildman–Crippen MR) is 68.7 cm³/mol. The quantitative estimate of drug-likeness (QED) is 0.850. The van der Waals surface area contributed by atoms with E-state index in [0.29, 0.717) is 5.56 Å². The van der Waals surface area contributed by atoms with Crippen LogP contribution in [0.15, 0.2) is 18.2 Å². The van der Waals surface area contributed by atoms with Gasteiger partial charge in [0.25, 0.3) is 0 Å². The van der Waals surface area contributed by atoms with Gasteiger partial charge in [-0.1, -0.05) is 12.1 Å². The average Bonchev–Trinajstić information content (AvgIpc) is 3.10. The summed E-state index contributed by atoms with van der Waals surface area (Å²) < 4.78 is 0. The SMILES string of the molecule is CCN(CC1CC1)c1c(C)cccc1C(=O)O. The van der Waals surface area contributed by atoms with Crippen molar-refractivity contribution in [1.82, 2.24) is 0 Å². The van der Waals surface area contributed by atoms with Crippen LogP contribution in [0.5, 0.6) is 0 Å². The number of para-hydroxylation sites is 1. The standard InChI is InChI=1S/C14H19NO2/c1-3-15(9-11-7-8-11)13-10(2)5-4-6-12(13)14(16)17/h4-6,11H,3,7-9H2,1-2H3,(H,16,17). The van der Waals surface area contributed by atoms with Crippen molar-refractivity contribution in [3.63, 3.8) is 0 Å². The van der Waals surface area contributed by atoms with Crippen LogP contribution in [0.4, 0.5) is 5.69 Å². The van der Waals surface area contributed by atoms with Crippen LogP contribution < -0.4 is 4.90 Å². The Morgan fingerprint density at radius 3 is 2.71 bits per heavy atom. The second-order valence-corrected chi connectivity index (χ2v) is 4.76. The zero-order valence-corrected chi connectivity index (χ0v) is 10.4. The zero-order chi connectivity index (χ0) is 12.4. The molecule has 0 saturated heterocycles. The number of aryl methyl sites for hydroxylation is 1. The third-order valence-corrected chi connectivity index (χ3v) is 3.34. The van der Waals surface area contributed by atoms with Gasteiger partial charge in [0.05, 0.1) is 11.3 Å². The molecule has 1 fully saturated rings. The molecule has 0 radical (unpaired) electrons. The number of aromatic carboxylic acids is 1. The van der Waals surface area contributed by atoms with E-state index >= 15 is 0 Å². The van der Waals surface area contributed by atoms with Crippen molar-refractivity contribution in [2.75, 3.05) is 18.0 Å². The maximum atomic E-state index is 11.3. The van der Waals surface area contributed by atoms with Gasteiger partial charge in [0.1, 0.15) is 0 Å². The van der Waals surface area contributed by atoms with E-state index in [1.165, 1.54) is 12.8 Å². The molecule has 0 spiro atoms. The maximum Gasteiger partial charge on any atom is 0.337 e. The van der Waals surface area contributed by atoms with Gasteiger partial charge >= 0.3 is 5.97 Å². The first-order valence-corrected chi connectivity index (χ1v) is 6.21. The van der Waals surface area contributed by atoms with Crippen LogP contribution in [-0.4, -0.2) is 24.2 Å². The van der Waals surface area contributed by atoms with Gasteiger partial charge in [-0.05, 0) is 44.2 Å². The molecule has 0 aromatic heterocycles. The summed E-state index contributed by atoms with van der Waals surface area (Å²) in [6.07, 6.45) is 2.57. The lowest BCUT2D eigenvalue weighted by molar-refractivity contribution is 0.0697. The molecule has 3 nitrogen and oxygen atoms in total. The number of carboxylic acids is 1. The molecule has 0 unspecified atom stereocenters. The number of anilines is 1. The van der Waals surface area contributed by atoms with Crippen molar-refractivity contribution in [2.45, 2.75) is 26.7 Å². The van der Waals surface area contributed by atoms with Gasteiger partial charge in [-0.25, -0.2) is 4.79 Å². The molecular weight excluding hydrogens is 214 g/mol. The van der Waals surface area contributed by atoms with Gasteiger partial charge in [-0.3, -0.25) is 0 Å². The minimum Gasteiger partial charge on any atom is -0.478 e. The first-order chi connectivity index (χ1) is 8.13. The highest BCUT2D eigenvalue weighted by molar-refractivity contribution is 5.95. The molecule has 92 valence electrons. The van der Waals surface area contributed by atoms with Crippen LogP contribution in [0.3, 0.4) is 0 Å². The third-order valence-electron chi connectivity index (χ3n) is 3.34. The van der Waals surface area contributed by atoms with Crippen LogP contribution in [0, 0.1) is 12.8 Å². The Morgan fingerprint density at radius 2 is 2.18 bits per heavy atom. The lowest BCUT2D eigenvalue weighted by atomic mass is 10.1. The summed E-state index contributed by atoms with van der Waals surface area (Å²) in [5, 5.41) is 9.26. The molecule has 1 saturated carbocycles. The van der Waals surface area contributed by atoms with Crippen molar-refractivity contribution in [2.24, 2.45) is 5.92 Å². The van der Waals surface area contributed by atoms with Crippen LogP contribution in [0.25, 0.3) is 0 Å². The predicted octanol–water partition coefficient (Wildman–Crippen LogP) is 2.93. The molecule has 0 heterocycles. The highest BCUT2D eigenvalue weighted by atomic mass is 16.4. The Labute approximate surface area is 102 Å². The molecule has 0 bridgehead atoms. The van der Waals surface area contributed by atoms with Crippen molar-refractivity contribution in [3.05, 3.63) is 29.3 Å². The number of rotatable bonds is 5. The molecule has 3 heteroatoms. The molecule has 2 rings (SSSR count). The largest absolute Gasteiger partial charge is 0.478 e. The van der Waals surface area contributed by atoms with Crippen LogP contribution in [0.1, 0.15) is 35.7 Å². The number of hydrogen-bond donors (Lipinski definition) is 1. The Morgan fingerprint density at radius 1 is 1.47 bits per heavy atom. The number of benzene rings is 1. The average molecular weight is 233 g/mol. The van der Waals surface area contributed by atoms with Crippen molar-refractivity contribution in [1.29, 1.82) is 0 Å². The van der Waals surface area contributed by atoms with Crippen molar-refractivity contribution in [3.8, 4) is 0 Å². The number of hydrogen-bond acceptors (Lipinski definition) is 2.